The summed E-state index contributed by atoms with van der Waals surface area (Å²) in [4.78, 5) is 4.04. The Morgan fingerprint density at radius 3 is 2.48 bits per heavy atom. The maximum atomic E-state index is 8.74. The van der Waals surface area contributed by atoms with Crippen molar-refractivity contribution in [1.82, 2.24) is 10.3 Å². The monoisotopic (exact) mass is 363 g/mol. The third kappa shape index (κ3) is 16.8. The van der Waals surface area contributed by atoms with Crippen LogP contribution >= 0.6 is 12.6 Å². The molecule has 10 heteroatoms. The first-order valence-corrected chi connectivity index (χ1v) is 8.90. The van der Waals surface area contributed by atoms with E-state index in [1.165, 1.54) is 6.20 Å². The highest BCUT2D eigenvalue weighted by Crippen LogP contribution is 2.07. The number of nitrogens with zero attached hydrogens (tertiary/aromatic N) is 2. The Morgan fingerprint density at radius 2 is 1.96 bits per heavy atom. The van der Waals surface area contributed by atoms with Crippen LogP contribution in [0.5, 0.6) is 5.88 Å². The van der Waals surface area contributed by atoms with Gasteiger partial charge in [0.25, 0.3) is 0 Å². The fourth-order valence-electron chi connectivity index (χ4n) is 1.44. The van der Waals surface area contributed by atoms with Crippen molar-refractivity contribution in [2.45, 2.75) is 19.3 Å². The maximum absolute atomic E-state index is 8.74. The van der Waals surface area contributed by atoms with E-state index in [1.54, 1.807) is 12.1 Å². The summed E-state index contributed by atoms with van der Waals surface area (Å²) in [6, 6.07) is 5.47. The number of pyridine rings is 1. The normalized spacial score (nSPS) is 10.3. The van der Waals surface area contributed by atoms with Crippen LogP contribution in [-0.4, -0.2) is 48.0 Å². The molecule has 0 radical (unpaired) electrons. The van der Waals surface area contributed by atoms with E-state index in [4.69, 9.17) is 27.5 Å². The number of nitrogens with one attached hydrogen (secondary N) is 1. The molecule has 0 unspecified atom stereocenters. The molecule has 8 nitrogen and oxygen atoms in total. The molecule has 3 N–H and O–H groups in total. The van der Waals surface area contributed by atoms with Crippen molar-refractivity contribution in [3.63, 3.8) is 0 Å². The lowest BCUT2D eigenvalue weighted by atomic mass is 10.2. The number of ether oxygens (including phenoxy) is 1. The quantitative estimate of drug-likeness (QED) is 0.294. The Hall–Kier alpha value is -1.38. The number of nitriles is 1. The van der Waals surface area contributed by atoms with Gasteiger partial charge in [0.05, 0.1) is 12.2 Å². The fourth-order valence-corrected chi connectivity index (χ4v) is 1.60. The van der Waals surface area contributed by atoms with Crippen LogP contribution in [0, 0.1) is 11.3 Å². The molecule has 0 saturated heterocycles. The zero-order chi connectivity index (χ0) is 17.6. The van der Waals surface area contributed by atoms with Crippen LogP contribution in [0.2, 0.25) is 0 Å². The number of hydrogen-bond donors (Lipinski definition) is 4. The van der Waals surface area contributed by atoms with Gasteiger partial charge >= 0.3 is 10.4 Å². The standard InChI is InChI=1S/C13H19N3OS.H2O4S/c14-10-12-4-5-13(16-11-12)17-8-3-1-2-6-15-7-9-18;1-5(2,3)4/h4-5,11,15,18H,1-3,6-9H2;(H2,1,2,3,4). The molecular weight excluding hydrogens is 342 g/mol. The zero-order valence-corrected chi connectivity index (χ0v) is 14.3. The Morgan fingerprint density at radius 1 is 1.26 bits per heavy atom. The van der Waals surface area contributed by atoms with Gasteiger partial charge in [0.2, 0.25) is 5.88 Å². The van der Waals surface area contributed by atoms with Crippen LogP contribution < -0.4 is 10.1 Å². The minimum atomic E-state index is -4.67. The van der Waals surface area contributed by atoms with E-state index in [9.17, 15) is 0 Å². The van der Waals surface area contributed by atoms with Crippen molar-refractivity contribution in [2.75, 3.05) is 25.4 Å². The highest BCUT2D eigenvalue weighted by Gasteiger charge is 1.96. The molecule has 1 rings (SSSR count). The lowest BCUT2D eigenvalue weighted by Gasteiger charge is -2.05. The van der Waals surface area contributed by atoms with Crippen molar-refractivity contribution in [2.24, 2.45) is 0 Å². The molecule has 0 bridgehead atoms. The highest BCUT2D eigenvalue weighted by atomic mass is 32.3. The van der Waals surface area contributed by atoms with E-state index in [2.05, 4.69) is 22.9 Å². The molecule has 0 aliphatic carbocycles. The summed E-state index contributed by atoms with van der Waals surface area (Å²) in [5.41, 5.74) is 0.553. The summed E-state index contributed by atoms with van der Waals surface area (Å²) in [5.74, 6) is 1.47. The van der Waals surface area contributed by atoms with Crippen LogP contribution in [-0.2, 0) is 10.4 Å². The third-order valence-electron chi connectivity index (χ3n) is 2.40. The SMILES string of the molecule is N#Cc1ccc(OCCCCCNCCS)nc1.O=S(=O)(O)O. The first kappa shape index (κ1) is 21.6. The smallest absolute Gasteiger partial charge is 0.394 e. The van der Waals surface area contributed by atoms with E-state index in [0.29, 0.717) is 18.1 Å². The fraction of sp³-hybridized carbons (Fsp3) is 0.538. The summed E-state index contributed by atoms with van der Waals surface area (Å²) in [7, 11) is -4.67. The summed E-state index contributed by atoms with van der Waals surface area (Å²) in [6.45, 7) is 2.68. The van der Waals surface area contributed by atoms with Crippen molar-refractivity contribution >= 4 is 23.0 Å². The average molecular weight is 363 g/mol. The van der Waals surface area contributed by atoms with Crippen molar-refractivity contribution in [1.29, 1.82) is 5.26 Å². The summed E-state index contributed by atoms with van der Waals surface area (Å²) >= 11 is 4.12. The minimum Gasteiger partial charge on any atom is -0.478 e. The Kier molecular flexibility index (Phi) is 12.3. The largest absolute Gasteiger partial charge is 0.478 e. The Balaban J connectivity index is 0.000000841. The van der Waals surface area contributed by atoms with Gasteiger partial charge in [-0.1, -0.05) is 0 Å². The van der Waals surface area contributed by atoms with E-state index in [1.807, 2.05) is 6.07 Å². The summed E-state index contributed by atoms with van der Waals surface area (Å²) < 4.78 is 37.1. The molecule has 23 heavy (non-hydrogen) atoms. The van der Waals surface area contributed by atoms with Crippen LogP contribution in [0.1, 0.15) is 24.8 Å². The van der Waals surface area contributed by atoms with Crippen LogP contribution in [0.4, 0.5) is 0 Å². The van der Waals surface area contributed by atoms with Gasteiger partial charge in [-0.3, -0.25) is 9.11 Å². The molecule has 0 spiro atoms. The van der Waals surface area contributed by atoms with Crippen molar-refractivity contribution in [3.05, 3.63) is 23.9 Å². The van der Waals surface area contributed by atoms with Crippen molar-refractivity contribution in [3.8, 4) is 11.9 Å². The molecule has 0 aromatic carbocycles. The van der Waals surface area contributed by atoms with Gasteiger partial charge in [-0.2, -0.15) is 26.3 Å². The van der Waals surface area contributed by atoms with E-state index >= 15 is 0 Å². The molecule has 0 aliphatic heterocycles. The van der Waals surface area contributed by atoms with Crippen LogP contribution in [0.3, 0.4) is 0 Å². The van der Waals surface area contributed by atoms with Crippen molar-refractivity contribution < 1.29 is 22.3 Å². The second kappa shape index (κ2) is 13.1. The second-order valence-corrected chi connectivity index (χ2v) is 5.67. The number of thiol groups is 1. The van der Waals surface area contributed by atoms with Gasteiger partial charge in [-0.05, 0) is 31.9 Å². The second-order valence-electron chi connectivity index (χ2n) is 4.33. The van der Waals surface area contributed by atoms with Crippen LogP contribution in [0.15, 0.2) is 18.3 Å². The summed E-state index contributed by atoms with van der Waals surface area (Å²) in [6.07, 6.45) is 4.83. The minimum absolute atomic E-state index is 0.553. The highest BCUT2D eigenvalue weighted by molar-refractivity contribution is 7.80. The number of hydrogen-bond acceptors (Lipinski definition) is 7. The Bertz CT molecular complexity index is 550. The first-order chi connectivity index (χ1) is 10.9. The van der Waals surface area contributed by atoms with Gasteiger partial charge in [0.15, 0.2) is 0 Å². The molecule has 0 fully saturated rings. The van der Waals surface area contributed by atoms with Crippen LogP contribution in [0.25, 0.3) is 0 Å². The maximum Gasteiger partial charge on any atom is 0.394 e. The van der Waals surface area contributed by atoms with Gasteiger partial charge in [0, 0.05) is 24.6 Å². The Labute approximate surface area is 141 Å². The lowest BCUT2D eigenvalue weighted by molar-refractivity contribution is 0.294. The lowest BCUT2D eigenvalue weighted by Crippen LogP contribution is -2.17. The molecule has 1 aromatic rings. The third-order valence-corrected chi connectivity index (χ3v) is 2.63. The molecule has 0 atom stereocenters. The van der Waals surface area contributed by atoms with E-state index in [-0.39, 0.29) is 0 Å². The van der Waals surface area contributed by atoms with E-state index < -0.39 is 10.4 Å². The van der Waals surface area contributed by atoms with E-state index in [0.717, 1.165) is 38.1 Å². The molecule has 1 heterocycles. The van der Waals surface area contributed by atoms with Gasteiger partial charge < -0.3 is 10.1 Å². The zero-order valence-electron chi connectivity index (χ0n) is 12.6. The predicted octanol–water partition coefficient (Wildman–Crippen LogP) is 1.37. The molecule has 0 aliphatic rings. The van der Waals surface area contributed by atoms with Gasteiger partial charge in [-0.15, -0.1) is 0 Å². The average Bonchev–Trinajstić information content (AvgIpc) is 2.49. The first-order valence-electron chi connectivity index (χ1n) is 6.87. The topological polar surface area (TPSA) is 133 Å². The predicted molar refractivity (Wildman–Crippen MR) is 89.2 cm³/mol. The summed E-state index contributed by atoms with van der Waals surface area (Å²) in [5, 5.41) is 11.9. The number of rotatable bonds is 9. The van der Waals surface area contributed by atoms with Gasteiger partial charge in [-0.25, -0.2) is 4.98 Å². The molecule has 130 valence electrons. The molecule has 1 aromatic heterocycles. The van der Waals surface area contributed by atoms with Gasteiger partial charge in [0.1, 0.15) is 6.07 Å². The number of aromatic nitrogens is 1. The molecule has 0 saturated carbocycles. The molecule has 0 amide bonds. The number of unbranched alkanes of at least 4 members (excludes halogenated alkanes) is 2. The molecular formula is C13H21N3O5S2.